The molecule has 2 aliphatic heterocycles. The van der Waals surface area contributed by atoms with Gasteiger partial charge in [-0.25, -0.2) is 13.2 Å². The monoisotopic (exact) mass is 421 g/mol. The molecular weight excluding hydrogens is 394 g/mol. The third-order valence-corrected chi connectivity index (χ3v) is 8.07. The van der Waals surface area contributed by atoms with Gasteiger partial charge in [-0.3, -0.25) is 9.36 Å². The predicted octanol–water partition coefficient (Wildman–Crippen LogP) is 1.79. The Hall–Kier alpha value is -2.13. The van der Waals surface area contributed by atoms with Crippen LogP contribution in [0.5, 0.6) is 0 Å². The van der Waals surface area contributed by atoms with E-state index in [1.54, 1.807) is 13.1 Å². The fraction of sp³-hybridized carbons (Fsp3) is 0.600. The molecule has 1 unspecified atom stereocenters. The van der Waals surface area contributed by atoms with Crippen LogP contribution in [0.4, 0.5) is 0 Å². The second-order valence-corrected chi connectivity index (χ2v) is 10.2. The average Bonchev–Trinajstić information content (AvgIpc) is 3.00. The number of likely N-dealkylation sites (tertiary alicyclic amines) is 1. The van der Waals surface area contributed by atoms with E-state index in [2.05, 4.69) is 6.92 Å². The van der Waals surface area contributed by atoms with E-state index in [9.17, 15) is 18.0 Å². The molecule has 0 radical (unpaired) electrons. The lowest BCUT2D eigenvalue weighted by atomic mass is 9.93. The Bertz CT molecular complexity index is 1080. The minimum absolute atomic E-state index is 0.106. The number of oxazole rings is 1. The molecule has 2 aromatic rings. The molecule has 0 spiro atoms. The molecule has 0 aliphatic carbocycles. The second kappa shape index (κ2) is 7.60. The molecule has 3 heterocycles. The average molecular weight is 422 g/mol. The maximum atomic E-state index is 13.0. The molecule has 0 saturated carbocycles. The van der Waals surface area contributed by atoms with E-state index in [0.29, 0.717) is 37.4 Å². The van der Waals surface area contributed by atoms with Crippen LogP contribution < -0.4 is 5.76 Å². The number of nitrogens with zero attached hydrogens (tertiary/aromatic N) is 3. The zero-order valence-corrected chi connectivity index (χ0v) is 17.7. The summed E-state index contributed by atoms with van der Waals surface area (Å²) in [5, 5.41) is 0. The highest BCUT2D eigenvalue weighted by molar-refractivity contribution is 7.89. The summed E-state index contributed by atoms with van der Waals surface area (Å²) in [5.41, 5.74) is 0.803. The molecule has 158 valence electrons. The lowest BCUT2D eigenvalue weighted by molar-refractivity contribution is -0.138. The summed E-state index contributed by atoms with van der Waals surface area (Å²) in [4.78, 5) is 26.5. The number of sulfonamides is 1. The maximum Gasteiger partial charge on any atom is 0.419 e. The molecule has 1 aromatic heterocycles. The van der Waals surface area contributed by atoms with E-state index < -0.39 is 15.8 Å². The third-order valence-electron chi connectivity index (χ3n) is 6.17. The summed E-state index contributed by atoms with van der Waals surface area (Å²) >= 11 is 0. The second-order valence-electron chi connectivity index (χ2n) is 8.27. The van der Waals surface area contributed by atoms with Crippen LogP contribution in [0, 0.1) is 11.8 Å². The van der Waals surface area contributed by atoms with Gasteiger partial charge in [-0.2, -0.15) is 4.31 Å². The lowest BCUT2D eigenvalue weighted by Crippen LogP contribution is -2.46. The summed E-state index contributed by atoms with van der Waals surface area (Å²) in [7, 11) is -2.13. The van der Waals surface area contributed by atoms with Gasteiger partial charge in [0, 0.05) is 45.2 Å². The quantitative estimate of drug-likeness (QED) is 0.753. The summed E-state index contributed by atoms with van der Waals surface area (Å²) in [5.74, 6) is 0.0597. The number of hydrogen-bond donors (Lipinski definition) is 0. The zero-order valence-electron chi connectivity index (χ0n) is 16.8. The lowest BCUT2D eigenvalue weighted by Gasteiger charge is -2.36. The van der Waals surface area contributed by atoms with Crippen molar-refractivity contribution >= 4 is 27.0 Å². The maximum absolute atomic E-state index is 13.0. The van der Waals surface area contributed by atoms with Crippen molar-refractivity contribution in [2.75, 3.05) is 26.2 Å². The van der Waals surface area contributed by atoms with Crippen molar-refractivity contribution in [2.24, 2.45) is 18.9 Å². The van der Waals surface area contributed by atoms with Crippen molar-refractivity contribution < 1.29 is 17.6 Å². The SMILES string of the molecule is CC1CCCN(C(=O)C2CCN(S(=O)(=O)c3ccc4c(c3)oc(=O)n4C)CC2)C1. The first-order valence-corrected chi connectivity index (χ1v) is 11.6. The molecule has 1 aromatic carbocycles. The van der Waals surface area contributed by atoms with Crippen molar-refractivity contribution in [3.63, 3.8) is 0 Å². The Morgan fingerprint density at radius 1 is 1.14 bits per heavy atom. The number of rotatable bonds is 3. The summed E-state index contributed by atoms with van der Waals surface area (Å²) in [6.07, 6.45) is 3.27. The molecule has 0 bridgehead atoms. The van der Waals surface area contributed by atoms with Crippen LogP contribution in [0.2, 0.25) is 0 Å². The molecule has 2 fully saturated rings. The van der Waals surface area contributed by atoms with Crippen LogP contribution in [0.15, 0.2) is 32.3 Å². The number of carbonyl (C=O) groups excluding carboxylic acids is 1. The van der Waals surface area contributed by atoms with Gasteiger partial charge in [0.15, 0.2) is 5.58 Å². The first-order valence-electron chi connectivity index (χ1n) is 10.2. The number of piperidine rings is 2. The first kappa shape index (κ1) is 20.2. The van der Waals surface area contributed by atoms with Gasteiger partial charge in [0.05, 0.1) is 10.4 Å². The fourth-order valence-corrected chi connectivity index (χ4v) is 5.90. The number of carbonyl (C=O) groups is 1. The molecule has 4 rings (SSSR count). The third kappa shape index (κ3) is 3.73. The highest BCUT2D eigenvalue weighted by Crippen LogP contribution is 2.28. The van der Waals surface area contributed by atoms with Gasteiger partial charge in [0.1, 0.15) is 0 Å². The van der Waals surface area contributed by atoms with Crippen molar-refractivity contribution in [3.8, 4) is 0 Å². The van der Waals surface area contributed by atoms with Crippen LogP contribution in [-0.2, 0) is 21.9 Å². The normalized spacial score (nSPS) is 22.3. The van der Waals surface area contributed by atoms with Gasteiger partial charge in [-0.15, -0.1) is 0 Å². The topological polar surface area (TPSA) is 92.8 Å². The molecule has 1 amide bonds. The summed E-state index contributed by atoms with van der Waals surface area (Å²) < 4.78 is 34.0. The van der Waals surface area contributed by atoms with E-state index >= 15 is 0 Å². The van der Waals surface area contributed by atoms with E-state index in [0.717, 1.165) is 25.9 Å². The van der Waals surface area contributed by atoms with Gasteiger partial charge < -0.3 is 9.32 Å². The fourth-order valence-electron chi connectivity index (χ4n) is 4.41. The number of amides is 1. The Kier molecular flexibility index (Phi) is 5.29. The summed E-state index contributed by atoms with van der Waals surface area (Å²) in [6, 6.07) is 4.48. The number of aromatic nitrogens is 1. The molecule has 0 N–H and O–H groups in total. The Labute approximate surface area is 170 Å². The van der Waals surface area contributed by atoms with Crippen LogP contribution in [0.3, 0.4) is 0 Å². The van der Waals surface area contributed by atoms with Gasteiger partial charge in [0.2, 0.25) is 15.9 Å². The molecular formula is C20H27N3O5S. The number of hydrogen-bond acceptors (Lipinski definition) is 5. The van der Waals surface area contributed by atoms with Crippen molar-refractivity contribution in [3.05, 3.63) is 28.7 Å². The zero-order chi connectivity index (χ0) is 20.8. The molecule has 9 heteroatoms. The highest BCUT2D eigenvalue weighted by atomic mass is 32.2. The van der Waals surface area contributed by atoms with Gasteiger partial charge >= 0.3 is 5.76 Å². The first-order chi connectivity index (χ1) is 13.8. The standard InChI is InChI=1S/C20H27N3O5S/c1-14-4-3-9-22(13-14)19(24)15-7-10-23(11-8-15)29(26,27)16-5-6-17-18(12-16)28-20(25)21(17)2/h5-6,12,14-15H,3-4,7-11,13H2,1-2H3. The van der Waals surface area contributed by atoms with E-state index in [1.165, 1.54) is 21.0 Å². The van der Waals surface area contributed by atoms with Crippen molar-refractivity contribution in [2.45, 2.75) is 37.5 Å². The minimum atomic E-state index is -3.70. The molecule has 2 saturated heterocycles. The predicted molar refractivity (Wildman–Crippen MR) is 108 cm³/mol. The Balaban J connectivity index is 1.46. The summed E-state index contributed by atoms with van der Waals surface area (Å²) in [6.45, 7) is 4.42. The number of fused-ring (bicyclic) bond motifs is 1. The minimum Gasteiger partial charge on any atom is -0.408 e. The van der Waals surface area contributed by atoms with E-state index in [-0.39, 0.29) is 22.3 Å². The van der Waals surface area contributed by atoms with Gasteiger partial charge in [0.25, 0.3) is 0 Å². The largest absolute Gasteiger partial charge is 0.419 e. The van der Waals surface area contributed by atoms with Gasteiger partial charge in [-0.05, 0) is 43.7 Å². The van der Waals surface area contributed by atoms with Crippen LogP contribution in [-0.4, -0.2) is 54.3 Å². The smallest absolute Gasteiger partial charge is 0.408 e. The molecule has 8 nitrogen and oxygen atoms in total. The molecule has 2 aliphatic rings. The van der Waals surface area contributed by atoms with Crippen molar-refractivity contribution in [1.29, 1.82) is 0 Å². The van der Waals surface area contributed by atoms with E-state index in [1.807, 2.05) is 4.90 Å². The molecule has 29 heavy (non-hydrogen) atoms. The number of benzene rings is 1. The van der Waals surface area contributed by atoms with Crippen LogP contribution in [0.25, 0.3) is 11.1 Å². The van der Waals surface area contributed by atoms with Crippen LogP contribution in [0.1, 0.15) is 32.6 Å². The molecule has 1 atom stereocenters. The Morgan fingerprint density at radius 3 is 2.55 bits per heavy atom. The Morgan fingerprint density at radius 2 is 1.86 bits per heavy atom. The number of aryl methyl sites for hydroxylation is 1. The van der Waals surface area contributed by atoms with E-state index in [4.69, 9.17) is 4.42 Å². The van der Waals surface area contributed by atoms with Crippen LogP contribution >= 0.6 is 0 Å². The highest BCUT2D eigenvalue weighted by Gasteiger charge is 2.35. The van der Waals surface area contributed by atoms with Gasteiger partial charge in [-0.1, -0.05) is 6.92 Å². The van der Waals surface area contributed by atoms with Crippen molar-refractivity contribution in [1.82, 2.24) is 13.8 Å².